The van der Waals surface area contributed by atoms with Crippen LogP contribution in [0.4, 0.5) is 0 Å². The SMILES string of the molecule is CCCn1nc(C(=O)O)c2c1CCC(NCc1ccc3[nH]c(C)cc3c1)C2. The number of carbonyl (C=O) groups is 1. The van der Waals surface area contributed by atoms with Gasteiger partial charge < -0.3 is 15.4 Å². The summed E-state index contributed by atoms with van der Waals surface area (Å²) < 4.78 is 1.90. The lowest BCUT2D eigenvalue weighted by molar-refractivity contribution is 0.0688. The predicted molar refractivity (Wildman–Crippen MR) is 105 cm³/mol. The van der Waals surface area contributed by atoms with Crippen molar-refractivity contribution in [1.82, 2.24) is 20.1 Å². The molecule has 0 saturated heterocycles. The molecule has 6 heteroatoms. The number of carboxylic acids is 1. The standard InChI is InChI=1S/C21H26N4O2/c1-3-8-25-19-7-5-16(11-17(19)20(24-25)21(26)27)22-12-14-4-6-18-15(10-14)9-13(2)23-18/h4,6,9-10,16,22-23H,3,5,7-8,11-12H2,1-2H3,(H,26,27). The zero-order chi connectivity index (χ0) is 19.0. The van der Waals surface area contributed by atoms with E-state index in [-0.39, 0.29) is 11.7 Å². The van der Waals surface area contributed by atoms with Gasteiger partial charge in [0.1, 0.15) is 0 Å². The van der Waals surface area contributed by atoms with Gasteiger partial charge in [-0.25, -0.2) is 4.79 Å². The van der Waals surface area contributed by atoms with E-state index in [4.69, 9.17) is 0 Å². The van der Waals surface area contributed by atoms with Crippen LogP contribution in [0.3, 0.4) is 0 Å². The fourth-order valence-corrected chi connectivity index (χ4v) is 4.13. The van der Waals surface area contributed by atoms with Gasteiger partial charge in [-0.1, -0.05) is 13.0 Å². The van der Waals surface area contributed by atoms with Crippen molar-refractivity contribution >= 4 is 16.9 Å². The molecule has 0 aliphatic heterocycles. The van der Waals surface area contributed by atoms with Gasteiger partial charge in [0, 0.05) is 41.6 Å². The van der Waals surface area contributed by atoms with Gasteiger partial charge in [0.05, 0.1) is 0 Å². The number of nitrogens with zero attached hydrogens (tertiary/aromatic N) is 2. The second-order valence-corrected chi connectivity index (χ2v) is 7.50. The molecule has 0 radical (unpaired) electrons. The normalized spacial score (nSPS) is 16.6. The van der Waals surface area contributed by atoms with Crippen molar-refractivity contribution in [3.8, 4) is 0 Å². The smallest absolute Gasteiger partial charge is 0.356 e. The highest BCUT2D eigenvalue weighted by Gasteiger charge is 2.28. The number of fused-ring (bicyclic) bond motifs is 2. The zero-order valence-corrected chi connectivity index (χ0v) is 15.9. The number of aromatic amines is 1. The van der Waals surface area contributed by atoms with Gasteiger partial charge in [-0.05, 0) is 61.8 Å². The third kappa shape index (κ3) is 3.49. The van der Waals surface area contributed by atoms with Crippen molar-refractivity contribution in [1.29, 1.82) is 0 Å². The van der Waals surface area contributed by atoms with Crippen molar-refractivity contribution in [2.24, 2.45) is 0 Å². The van der Waals surface area contributed by atoms with E-state index in [0.29, 0.717) is 0 Å². The monoisotopic (exact) mass is 366 g/mol. The molecule has 0 spiro atoms. The summed E-state index contributed by atoms with van der Waals surface area (Å²) in [4.78, 5) is 15.0. The summed E-state index contributed by atoms with van der Waals surface area (Å²) in [5.74, 6) is -0.921. The number of hydrogen-bond donors (Lipinski definition) is 3. The minimum atomic E-state index is -0.921. The van der Waals surface area contributed by atoms with Gasteiger partial charge in [0.2, 0.25) is 0 Å². The Morgan fingerprint density at radius 2 is 2.26 bits per heavy atom. The van der Waals surface area contributed by atoms with Crippen LogP contribution in [0.2, 0.25) is 0 Å². The highest BCUT2D eigenvalue weighted by atomic mass is 16.4. The number of H-pyrrole nitrogens is 1. The molecule has 6 nitrogen and oxygen atoms in total. The lowest BCUT2D eigenvalue weighted by Gasteiger charge is -2.24. The third-order valence-electron chi connectivity index (χ3n) is 5.40. The first kappa shape index (κ1) is 17.8. The van der Waals surface area contributed by atoms with E-state index < -0.39 is 5.97 Å². The lowest BCUT2D eigenvalue weighted by Crippen LogP contribution is -2.34. The van der Waals surface area contributed by atoms with Gasteiger partial charge in [0.25, 0.3) is 0 Å². The van der Waals surface area contributed by atoms with Gasteiger partial charge in [-0.15, -0.1) is 0 Å². The average molecular weight is 366 g/mol. The minimum absolute atomic E-state index is 0.231. The second-order valence-electron chi connectivity index (χ2n) is 7.50. The van der Waals surface area contributed by atoms with Crippen molar-refractivity contribution in [2.45, 2.75) is 58.7 Å². The Labute approximate surface area is 158 Å². The highest BCUT2D eigenvalue weighted by molar-refractivity contribution is 5.87. The van der Waals surface area contributed by atoms with Crippen molar-refractivity contribution in [3.05, 3.63) is 52.5 Å². The Kier molecular flexibility index (Phi) is 4.74. The van der Waals surface area contributed by atoms with Crippen LogP contribution in [-0.4, -0.2) is 31.9 Å². The summed E-state index contributed by atoms with van der Waals surface area (Å²) in [6.07, 6.45) is 3.57. The number of rotatable bonds is 6. The molecule has 1 aliphatic rings. The molecule has 1 unspecified atom stereocenters. The predicted octanol–water partition coefficient (Wildman–Crippen LogP) is 3.43. The molecule has 3 N–H and O–H groups in total. The van der Waals surface area contributed by atoms with Crippen molar-refractivity contribution in [3.63, 3.8) is 0 Å². The Hall–Kier alpha value is -2.60. The molecule has 1 aliphatic carbocycles. The molecule has 0 fully saturated rings. The Balaban J connectivity index is 1.48. The summed E-state index contributed by atoms with van der Waals surface area (Å²) in [5, 5.41) is 18.7. The number of aromatic carboxylic acids is 1. The van der Waals surface area contributed by atoms with Crippen LogP contribution in [0.15, 0.2) is 24.3 Å². The van der Waals surface area contributed by atoms with E-state index in [0.717, 1.165) is 55.5 Å². The third-order valence-corrected chi connectivity index (χ3v) is 5.40. The molecule has 0 amide bonds. The molecular formula is C21H26N4O2. The maximum atomic E-state index is 11.6. The molecule has 2 aromatic heterocycles. The number of benzene rings is 1. The van der Waals surface area contributed by atoms with Crippen LogP contribution >= 0.6 is 0 Å². The number of aryl methyl sites for hydroxylation is 2. The first-order valence-electron chi connectivity index (χ1n) is 9.68. The Bertz CT molecular complexity index is 986. The zero-order valence-electron chi connectivity index (χ0n) is 15.9. The first-order chi connectivity index (χ1) is 13.0. The quantitative estimate of drug-likeness (QED) is 0.624. The van der Waals surface area contributed by atoms with E-state index >= 15 is 0 Å². The van der Waals surface area contributed by atoms with Crippen molar-refractivity contribution < 1.29 is 9.90 Å². The number of hydrogen-bond acceptors (Lipinski definition) is 3. The molecule has 0 bridgehead atoms. The minimum Gasteiger partial charge on any atom is -0.476 e. The molecular weight excluding hydrogens is 340 g/mol. The molecule has 2 heterocycles. The molecule has 3 aromatic rings. The van der Waals surface area contributed by atoms with E-state index in [1.54, 1.807) is 0 Å². The van der Waals surface area contributed by atoms with E-state index in [1.165, 1.54) is 16.6 Å². The van der Waals surface area contributed by atoms with E-state index in [9.17, 15) is 9.90 Å². The largest absolute Gasteiger partial charge is 0.476 e. The van der Waals surface area contributed by atoms with Crippen LogP contribution in [0.1, 0.15) is 52.8 Å². The summed E-state index contributed by atoms with van der Waals surface area (Å²) in [5.41, 5.74) is 5.82. The molecule has 1 aromatic carbocycles. The van der Waals surface area contributed by atoms with Crippen LogP contribution in [0.5, 0.6) is 0 Å². The van der Waals surface area contributed by atoms with Crippen LogP contribution < -0.4 is 5.32 Å². The first-order valence-corrected chi connectivity index (χ1v) is 9.68. The van der Waals surface area contributed by atoms with Crippen LogP contribution in [0.25, 0.3) is 10.9 Å². The lowest BCUT2D eigenvalue weighted by atomic mass is 9.91. The number of aromatic nitrogens is 3. The van der Waals surface area contributed by atoms with Crippen molar-refractivity contribution in [2.75, 3.05) is 0 Å². The molecule has 27 heavy (non-hydrogen) atoms. The fraction of sp³-hybridized carbons (Fsp3) is 0.429. The molecule has 4 rings (SSSR count). The molecule has 1 atom stereocenters. The van der Waals surface area contributed by atoms with E-state index in [1.807, 2.05) is 4.68 Å². The summed E-state index contributed by atoms with van der Waals surface area (Å²) in [6.45, 7) is 5.72. The topological polar surface area (TPSA) is 82.9 Å². The second kappa shape index (κ2) is 7.19. The number of nitrogens with one attached hydrogen (secondary N) is 2. The summed E-state index contributed by atoms with van der Waals surface area (Å²) in [6, 6.07) is 8.91. The maximum absolute atomic E-state index is 11.6. The Morgan fingerprint density at radius 1 is 1.41 bits per heavy atom. The summed E-state index contributed by atoms with van der Waals surface area (Å²) in [7, 11) is 0. The number of carboxylic acid groups (broad SMARTS) is 1. The average Bonchev–Trinajstić information content (AvgIpc) is 3.19. The highest BCUT2D eigenvalue weighted by Crippen LogP contribution is 2.26. The summed E-state index contributed by atoms with van der Waals surface area (Å²) >= 11 is 0. The van der Waals surface area contributed by atoms with Gasteiger partial charge >= 0.3 is 5.97 Å². The van der Waals surface area contributed by atoms with Crippen LogP contribution in [0, 0.1) is 6.92 Å². The Morgan fingerprint density at radius 3 is 3.04 bits per heavy atom. The van der Waals surface area contributed by atoms with Crippen LogP contribution in [-0.2, 0) is 25.9 Å². The molecule has 0 saturated carbocycles. The maximum Gasteiger partial charge on any atom is 0.356 e. The fourth-order valence-electron chi connectivity index (χ4n) is 4.13. The molecule has 142 valence electrons. The van der Waals surface area contributed by atoms with Gasteiger partial charge in [-0.3, -0.25) is 4.68 Å². The van der Waals surface area contributed by atoms with Gasteiger partial charge in [0.15, 0.2) is 5.69 Å². The van der Waals surface area contributed by atoms with E-state index in [2.05, 4.69) is 53.5 Å². The van der Waals surface area contributed by atoms with Gasteiger partial charge in [-0.2, -0.15) is 5.10 Å².